The zero-order valence-electron chi connectivity index (χ0n) is 10.8. The number of carbonyl (C=O) groups is 2. The Bertz CT molecular complexity index is 327. The first kappa shape index (κ1) is 13.1. The fourth-order valence-electron chi connectivity index (χ4n) is 2.55. The molecular weight excluding hydrogens is 234 g/mol. The standard InChI is InChI=1S/C12H21N3O3/c1-13-5-7-14(8-6-13)12(18)15-4-2-3-10(9-15)11(16)17/h10H,2-9H2,1H3,(H,16,17). The molecule has 2 rings (SSSR count). The van der Waals surface area contributed by atoms with Crippen molar-refractivity contribution >= 4 is 12.0 Å². The van der Waals surface area contributed by atoms with Crippen LogP contribution in [0.4, 0.5) is 4.79 Å². The van der Waals surface area contributed by atoms with E-state index in [0.29, 0.717) is 19.5 Å². The molecule has 0 aromatic heterocycles. The van der Waals surface area contributed by atoms with Crippen LogP contribution in [0.25, 0.3) is 0 Å². The Balaban J connectivity index is 1.90. The Labute approximate surface area is 107 Å². The number of rotatable bonds is 1. The number of piperazine rings is 1. The maximum absolute atomic E-state index is 12.3. The highest BCUT2D eigenvalue weighted by Gasteiger charge is 2.31. The molecule has 0 spiro atoms. The summed E-state index contributed by atoms with van der Waals surface area (Å²) in [5.41, 5.74) is 0. The fraction of sp³-hybridized carbons (Fsp3) is 0.833. The number of carboxylic acids is 1. The lowest BCUT2D eigenvalue weighted by molar-refractivity contribution is -0.143. The van der Waals surface area contributed by atoms with Gasteiger partial charge in [-0.25, -0.2) is 4.79 Å². The van der Waals surface area contributed by atoms with Crippen molar-refractivity contribution in [3.05, 3.63) is 0 Å². The van der Waals surface area contributed by atoms with Gasteiger partial charge in [-0.3, -0.25) is 4.79 Å². The second-order valence-electron chi connectivity index (χ2n) is 5.20. The van der Waals surface area contributed by atoms with Crippen molar-refractivity contribution in [2.24, 2.45) is 5.92 Å². The monoisotopic (exact) mass is 255 g/mol. The summed E-state index contributed by atoms with van der Waals surface area (Å²) in [7, 11) is 2.04. The average molecular weight is 255 g/mol. The summed E-state index contributed by atoms with van der Waals surface area (Å²) >= 11 is 0. The van der Waals surface area contributed by atoms with E-state index in [0.717, 1.165) is 32.6 Å². The van der Waals surface area contributed by atoms with Crippen LogP contribution in [0.15, 0.2) is 0 Å². The number of aliphatic carboxylic acids is 1. The summed E-state index contributed by atoms with van der Waals surface area (Å²) in [4.78, 5) is 29.0. The summed E-state index contributed by atoms with van der Waals surface area (Å²) in [6, 6.07) is 0.00838. The van der Waals surface area contributed by atoms with Crippen LogP contribution in [0.3, 0.4) is 0 Å². The van der Waals surface area contributed by atoms with Crippen LogP contribution in [-0.2, 0) is 4.79 Å². The highest BCUT2D eigenvalue weighted by molar-refractivity contribution is 5.76. The molecule has 0 saturated carbocycles. The van der Waals surface area contributed by atoms with Crippen LogP contribution in [0.2, 0.25) is 0 Å². The average Bonchev–Trinajstić information content (AvgIpc) is 2.39. The van der Waals surface area contributed by atoms with Crippen LogP contribution in [0.5, 0.6) is 0 Å². The van der Waals surface area contributed by atoms with Gasteiger partial charge < -0.3 is 19.8 Å². The smallest absolute Gasteiger partial charge is 0.320 e. The van der Waals surface area contributed by atoms with E-state index in [4.69, 9.17) is 5.11 Å². The number of amides is 2. The number of carboxylic acid groups (broad SMARTS) is 1. The molecule has 18 heavy (non-hydrogen) atoms. The van der Waals surface area contributed by atoms with Crippen molar-refractivity contribution in [1.82, 2.24) is 14.7 Å². The number of likely N-dealkylation sites (N-methyl/N-ethyl adjacent to an activating group) is 1. The minimum Gasteiger partial charge on any atom is -0.481 e. The normalized spacial score (nSPS) is 26.2. The van der Waals surface area contributed by atoms with Gasteiger partial charge in [-0.2, -0.15) is 0 Å². The van der Waals surface area contributed by atoms with Gasteiger partial charge in [-0.1, -0.05) is 0 Å². The van der Waals surface area contributed by atoms with Crippen molar-refractivity contribution in [3.8, 4) is 0 Å². The third-order valence-corrected chi connectivity index (χ3v) is 3.81. The third kappa shape index (κ3) is 2.93. The molecule has 6 nitrogen and oxygen atoms in total. The molecule has 1 unspecified atom stereocenters. The maximum Gasteiger partial charge on any atom is 0.320 e. The Hall–Kier alpha value is -1.30. The van der Waals surface area contributed by atoms with E-state index in [2.05, 4.69) is 4.90 Å². The van der Waals surface area contributed by atoms with Crippen molar-refractivity contribution in [2.45, 2.75) is 12.8 Å². The van der Waals surface area contributed by atoms with Crippen molar-refractivity contribution < 1.29 is 14.7 Å². The van der Waals surface area contributed by atoms with Crippen LogP contribution >= 0.6 is 0 Å². The van der Waals surface area contributed by atoms with Gasteiger partial charge in [0.15, 0.2) is 0 Å². The van der Waals surface area contributed by atoms with Gasteiger partial charge in [-0.15, -0.1) is 0 Å². The van der Waals surface area contributed by atoms with Gasteiger partial charge in [0.05, 0.1) is 5.92 Å². The maximum atomic E-state index is 12.3. The second-order valence-corrected chi connectivity index (χ2v) is 5.20. The molecule has 1 atom stereocenters. The van der Waals surface area contributed by atoms with E-state index in [1.807, 2.05) is 11.9 Å². The Morgan fingerprint density at radius 1 is 1.06 bits per heavy atom. The van der Waals surface area contributed by atoms with Crippen LogP contribution < -0.4 is 0 Å². The van der Waals surface area contributed by atoms with E-state index in [1.54, 1.807) is 4.90 Å². The molecule has 0 aromatic carbocycles. The lowest BCUT2D eigenvalue weighted by atomic mass is 9.98. The Morgan fingerprint density at radius 3 is 2.33 bits per heavy atom. The summed E-state index contributed by atoms with van der Waals surface area (Å²) < 4.78 is 0. The SMILES string of the molecule is CN1CCN(C(=O)N2CCCC(C(=O)O)C2)CC1. The van der Waals surface area contributed by atoms with Gasteiger partial charge in [-0.05, 0) is 19.9 Å². The van der Waals surface area contributed by atoms with E-state index in [9.17, 15) is 9.59 Å². The number of piperidine rings is 1. The molecular formula is C12H21N3O3. The summed E-state index contributed by atoms with van der Waals surface area (Å²) in [6.45, 7) is 4.31. The van der Waals surface area contributed by atoms with Crippen molar-refractivity contribution in [2.75, 3.05) is 46.3 Å². The number of likely N-dealkylation sites (tertiary alicyclic amines) is 1. The van der Waals surface area contributed by atoms with Gasteiger partial charge >= 0.3 is 12.0 Å². The van der Waals surface area contributed by atoms with Gasteiger partial charge in [0.25, 0.3) is 0 Å². The van der Waals surface area contributed by atoms with E-state index in [1.165, 1.54) is 0 Å². The number of carbonyl (C=O) groups excluding carboxylic acids is 1. The van der Waals surface area contributed by atoms with Crippen molar-refractivity contribution in [1.29, 1.82) is 0 Å². The molecule has 2 aliphatic heterocycles. The molecule has 0 bridgehead atoms. The highest BCUT2D eigenvalue weighted by atomic mass is 16.4. The largest absolute Gasteiger partial charge is 0.481 e. The van der Waals surface area contributed by atoms with Crippen LogP contribution in [0.1, 0.15) is 12.8 Å². The van der Waals surface area contributed by atoms with Crippen LogP contribution in [0, 0.1) is 5.92 Å². The summed E-state index contributed by atoms with van der Waals surface area (Å²) in [5.74, 6) is -1.18. The number of hydrogen-bond donors (Lipinski definition) is 1. The molecule has 2 amide bonds. The summed E-state index contributed by atoms with van der Waals surface area (Å²) in [6.07, 6.45) is 1.47. The molecule has 1 N–H and O–H groups in total. The number of hydrogen-bond acceptors (Lipinski definition) is 3. The number of nitrogens with zero attached hydrogens (tertiary/aromatic N) is 3. The molecule has 0 aromatic rings. The van der Waals surface area contributed by atoms with Gasteiger partial charge in [0.2, 0.25) is 0 Å². The predicted octanol–water partition coefficient (Wildman–Crippen LogP) is 0.150. The Kier molecular flexibility index (Phi) is 4.06. The van der Waals surface area contributed by atoms with E-state index < -0.39 is 11.9 Å². The molecule has 2 saturated heterocycles. The van der Waals surface area contributed by atoms with E-state index >= 15 is 0 Å². The molecule has 0 aliphatic carbocycles. The third-order valence-electron chi connectivity index (χ3n) is 3.81. The van der Waals surface area contributed by atoms with E-state index in [-0.39, 0.29) is 6.03 Å². The molecule has 2 heterocycles. The minimum absolute atomic E-state index is 0.00838. The zero-order valence-corrected chi connectivity index (χ0v) is 10.8. The first-order chi connectivity index (χ1) is 8.58. The first-order valence-electron chi connectivity index (χ1n) is 6.53. The predicted molar refractivity (Wildman–Crippen MR) is 66.4 cm³/mol. The molecule has 102 valence electrons. The molecule has 0 radical (unpaired) electrons. The second kappa shape index (κ2) is 5.56. The molecule has 6 heteroatoms. The fourth-order valence-corrected chi connectivity index (χ4v) is 2.55. The number of urea groups is 1. The molecule has 2 fully saturated rings. The summed E-state index contributed by atoms with van der Waals surface area (Å²) in [5, 5.41) is 9.02. The minimum atomic E-state index is -0.786. The quantitative estimate of drug-likeness (QED) is 0.724. The lowest BCUT2D eigenvalue weighted by Gasteiger charge is -2.38. The highest BCUT2D eigenvalue weighted by Crippen LogP contribution is 2.18. The Morgan fingerprint density at radius 2 is 1.72 bits per heavy atom. The van der Waals surface area contributed by atoms with Crippen molar-refractivity contribution in [3.63, 3.8) is 0 Å². The van der Waals surface area contributed by atoms with Gasteiger partial charge in [0, 0.05) is 39.3 Å². The lowest BCUT2D eigenvalue weighted by Crippen LogP contribution is -2.54. The van der Waals surface area contributed by atoms with Crippen LogP contribution in [-0.4, -0.2) is 78.1 Å². The molecule has 2 aliphatic rings. The van der Waals surface area contributed by atoms with Gasteiger partial charge in [0.1, 0.15) is 0 Å². The topological polar surface area (TPSA) is 64.1 Å². The first-order valence-corrected chi connectivity index (χ1v) is 6.53. The zero-order chi connectivity index (χ0) is 13.1.